The van der Waals surface area contributed by atoms with Crippen LogP contribution in [0.15, 0.2) is 133 Å². The minimum absolute atomic E-state index is 0.786. The minimum atomic E-state index is -0.853. The number of aromatic nitrogens is 1. The van der Waals surface area contributed by atoms with Crippen molar-refractivity contribution in [2.45, 2.75) is 5.60 Å². The van der Waals surface area contributed by atoms with Crippen LogP contribution in [0.5, 0.6) is 17.2 Å². The van der Waals surface area contributed by atoms with E-state index in [0.717, 1.165) is 61.4 Å². The Morgan fingerprint density at radius 2 is 1.26 bits per heavy atom. The van der Waals surface area contributed by atoms with Gasteiger partial charge in [0.2, 0.25) is 0 Å². The number of nitrogens with zero attached hydrogens (tertiary/aromatic N) is 1. The Balaban J connectivity index is 1.52. The monoisotopic (exact) mass is 559 g/mol. The molecular weight excluding hydrogens is 530 g/mol. The molecule has 1 aliphatic rings. The van der Waals surface area contributed by atoms with Crippen LogP contribution in [0.4, 0.5) is 0 Å². The molecule has 0 radical (unpaired) electrons. The number of fused-ring (bicyclic) bond motifs is 8. The second-order valence-corrected chi connectivity index (χ2v) is 10.8. The molecule has 6 aromatic carbocycles. The van der Waals surface area contributed by atoms with Gasteiger partial charge in [-0.15, -0.1) is 0 Å². The van der Waals surface area contributed by atoms with Gasteiger partial charge < -0.3 is 18.8 Å². The van der Waals surface area contributed by atoms with Crippen LogP contribution in [0.2, 0.25) is 0 Å². The number of methoxy groups -OCH3 is 2. The fourth-order valence-electron chi connectivity index (χ4n) is 6.58. The van der Waals surface area contributed by atoms with Crippen molar-refractivity contribution < 1.29 is 14.2 Å². The normalized spacial score (nSPS) is 15.9. The van der Waals surface area contributed by atoms with E-state index in [1.165, 1.54) is 10.8 Å². The molecule has 0 saturated carbocycles. The molecule has 7 aromatic rings. The van der Waals surface area contributed by atoms with Gasteiger partial charge in [0.1, 0.15) is 17.2 Å². The topological polar surface area (TPSA) is 32.6 Å². The second kappa shape index (κ2) is 9.81. The number of hydrogen-bond donors (Lipinski definition) is 0. The first-order valence-corrected chi connectivity index (χ1v) is 14.4. The lowest BCUT2D eigenvalue weighted by atomic mass is 9.83. The molecule has 2 heterocycles. The Morgan fingerprint density at radius 3 is 2.00 bits per heavy atom. The summed E-state index contributed by atoms with van der Waals surface area (Å²) >= 11 is 0. The predicted octanol–water partition coefficient (Wildman–Crippen LogP) is 9.30. The molecular formula is C39H29NO3. The molecule has 208 valence electrons. The Bertz CT molecular complexity index is 2160. The van der Waals surface area contributed by atoms with Gasteiger partial charge in [0.15, 0.2) is 5.60 Å². The first-order chi connectivity index (χ1) is 21.2. The number of para-hydroxylation sites is 2. The molecule has 0 aliphatic carbocycles. The quantitative estimate of drug-likeness (QED) is 0.211. The molecule has 0 fully saturated rings. The van der Waals surface area contributed by atoms with Crippen molar-refractivity contribution in [2.24, 2.45) is 0 Å². The highest BCUT2D eigenvalue weighted by atomic mass is 16.5. The van der Waals surface area contributed by atoms with E-state index < -0.39 is 5.60 Å². The molecule has 1 aromatic heterocycles. The van der Waals surface area contributed by atoms with Crippen LogP contribution in [-0.4, -0.2) is 18.8 Å². The molecule has 1 aliphatic heterocycles. The van der Waals surface area contributed by atoms with E-state index in [1.54, 1.807) is 14.2 Å². The van der Waals surface area contributed by atoms with E-state index in [4.69, 9.17) is 14.2 Å². The van der Waals surface area contributed by atoms with Gasteiger partial charge in [-0.05, 0) is 66.1 Å². The van der Waals surface area contributed by atoms with Crippen molar-refractivity contribution in [3.8, 4) is 22.9 Å². The zero-order chi connectivity index (χ0) is 29.0. The van der Waals surface area contributed by atoms with Crippen molar-refractivity contribution in [3.05, 3.63) is 150 Å². The van der Waals surface area contributed by atoms with Crippen LogP contribution >= 0.6 is 0 Å². The molecule has 8 rings (SSSR count). The summed E-state index contributed by atoms with van der Waals surface area (Å²) in [6, 6.07) is 44.1. The summed E-state index contributed by atoms with van der Waals surface area (Å²) in [5.41, 5.74) is 5.62. The maximum absolute atomic E-state index is 7.38. The Kier molecular flexibility index (Phi) is 5.76. The third-order valence-electron chi connectivity index (χ3n) is 8.60. The van der Waals surface area contributed by atoms with E-state index >= 15 is 0 Å². The second-order valence-electron chi connectivity index (χ2n) is 10.8. The lowest BCUT2D eigenvalue weighted by molar-refractivity contribution is 0.164. The molecule has 0 bridgehead atoms. The molecule has 4 nitrogen and oxygen atoms in total. The van der Waals surface area contributed by atoms with Crippen LogP contribution in [0.3, 0.4) is 0 Å². The summed E-state index contributed by atoms with van der Waals surface area (Å²) < 4.78 is 21.0. The van der Waals surface area contributed by atoms with Gasteiger partial charge in [-0.25, -0.2) is 0 Å². The van der Waals surface area contributed by atoms with Gasteiger partial charge in [-0.1, -0.05) is 78.9 Å². The highest BCUT2D eigenvalue weighted by Crippen LogP contribution is 2.51. The van der Waals surface area contributed by atoms with E-state index in [2.05, 4.69) is 120 Å². The SMILES string of the molecule is COc1ccc(C2(c3ccccc3)C=Cc3c(c4cc(OC)ccc4c4c5ccccc5n(-c5ccccc5)c34)O2)cc1. The fourth-order valence-corrected chi connectivity index (χ4v) is 6.58. The average Bonchev–Trinajstić information content (AvgIpc) is 3.44. The zero-order valence-corrected chi connectivity index (χ0v) is 24.0. The van der Waals surface area contributed by atoms with E-state index in [-0.39, 0.29) is 0 Å². The third kappa shape index (κ3) is 3.76. The van der Waals surface area contributed by atoms with E-state index in [9.17, 15) is 0 Å². The lowest BCUT2D eigenvalue weighted by Gasteiger charge is -2.37. The standard InChI is InChI=1S/C39H29NO3/c1-41-29-19-17-27(18-20-29)39(26-11-5-3-6-12-26)24-23-33-37-36(31-22-21-30(42-2)25-34(31)38(33)43-39)32-15-9-10-16-35(32)40(37)28-13-7-4-8-14-28/h3-25H,1-2H3. The molecule has 1 unspecified atom stereocenters. The maximum atomic E-state index is 7.38. The predicted molar refractivity (Wildman–Crippen MR) is 175 cm³/mol. The minimum Gasteiger partial charge on any atom is -0.497 e. The molecule has 43 heavy (non-hydrogen) atoms. The summed E-state index contributed by atoms with van der Waals surface area (Å²) in [5.74, 6) is 2.41. The fraction of sp³-hybridized carbons (Fsp3) is 0.0769. The highest BCUT2D eigenvalue weighted by molar-refractivity contribution is 6.25. The summed E-state index contributed by atoms with van der Waals surface area (Å²) in [7, 11) is 3.39. The molecule has 0 spiro atoms. The van der Waals surface area contributed by atoms with E-state index in [1.807, 2.05) is 24.3 Å². The van der Waals surface area contributed by atoms with Gasteiger partial charge in [-0.3, -0.25) is 0 Å². The van der Waals surface area contributed by atoms with Crippen LogP contribution in [0.1, 0.15) is 16.7 Å². The van der Waals surface area contributed by atoms with Crippen molar-refractivity contribution in [1.29, 1.82) is 0 Å². The summed E-state index contributed by atoms with van der Waals surface area (Å²) in [6.07, 6.45) is 4.44. The highest BCUT2D eigenvalue weighted by Gasteiger charge is 2.39. The average molecular weight is 560 g/mol. The Labute approximate surface area is 250 Å². The summed E-state index contributed by atoms with van der Waals surface area (Å²) in [6.45, 7) is 0. The smallest absolute Gasteiger partial charge is 0.178 e. The first kappa shape index (κ1) is 25.2. The summed E-state index contributed by atoms with van der Waals surface area (Å²) in [5, 5.41) is 4.52. The van der Waals surface area contributed by atoms with Gasteiger partial charge in [0.05, 0.1) is 25.3 Å². The van der Waals surface area contributed by atoms with Crippen LogP contribution in [0, 0.1) is 0 Å². The maximum Gasteiger partial charge on any atom is 0.178 e. The molecule has 0 saturated heterocycles. The molecule has 1 atom stereocenters. The van der Waals surface area contributed by atoms with Crippen molar-refractivity contribution in [2.75, 3.05) is 14.2 Å². The van der Waals surface area contributed by atoms with Crippen LogP contribution < -0.4 is 14.2 Å². The van der Waals surface area contributed by atoms with Gasteiger partial charge in [-0.2, -0.15) is 0 Å². The number of benzene rings is 6. The first-order valence-electron chi connectivity index (χ1n) is 14.4. The lowest BCUT2D eigenvalue weighted by Crippen LogP contribution is -2.34. The van der Waals surface area contributed by atoms with Crippen molar-refractivity contribution >= 4 is 38.7 Å². The van der Waals surface area contributed by atoms with Crippen molar-refractivity contribution in [3.63, 3.8) is 0 Å². The number of hydrogen-bond acceptors (Lipinski definition) is 3. The number of rotatable bonds is 5. The Morgan fingerprint density at radius 1 is 0.605 bits per heavy atom. The third-order valence-corrected chi connectivity index (χ3v) is 8.60. The zero-order valence-electron chi connectivity index (χ0n) is 24.0. The Hall–Kier alpha value is -5.48. The van der Waals surface area contributed by atoms with Gasteiger partial charge in [0, 0.05) is 38.5 Å². The molecule has 0 amide bonds. The van der Waals surface area contributed by atoms with Crippen LogP contribution in [-0.2, 0) is 5.60 Å². The van der Waals surface area contributed by atoms with Crippen LogP contribution in [0.25, 0.3) is 44.3 Å². The molecule has 4 heteroatoms. The van der Waals surface area contributed by atoms with Gasteiger partial charge >= 0.3 is 0 Å². The molecule has 0 N–H and O–H groups in total. The van der Waals surface area contributed by atoms with E-state index in [0.29, 0.717) is 0 Å². The summed E-state index contributed by atoms with van der Waals surface area (Å²) in [4.78, 5) is 0. The van der Waals surface area contributed by atoms with Gasteiger partial charge in [0.25, 0.3) is 0 Å². The largest absolute Gasteiger partial charge is 0.497 e. The van der Waals surface area contributed by atoms with Crippen molar-refractivity contribution in [1.82, 2.24) is 4.57 Å². The number of ether oxygens (including phenoxy) is 3.